The highest BCUT2D eigenvalue weighted by Gasteiger charge is 2.48. The van der Waals surface area contributed by atoms with Gasteiger partial charge in [0, 0.05) is 29.0 Å². The SMILES string of the molecule is OC(c1cc2ccc(Cl)nc2s1)C1CC(F)(F)C1. The quantitative estimate of drug-likeness (QED) is 0.847. The fourth-order valence-electron chi connectivity index (χ4n) is 2.22. The fraction of sp³-hybridized carbons (Fsp3) is 0.417. The average Bonchev–Trinajstić information content (AvgIpc) is 2.67. The second-order valence-corrected chi connectivity index (χ2v) is 6.10. The Balaban J connectivity index is 1.86. The van der Waals surface area contributed by atoms with E-state index in [4.69, 9.17) is 11.6 Å². The van der Waals surface area contributed by atoms with E-state index in [1.54, 1.807) is 12.1 Å². The zero-order valence-electron chi connectivity index (χ0n) is 9.24. The molecule has 96 valence electrons. The number of aliphatic hydroxyl groups is 1. The Morgan fingerprint density at radius 2 is 2.17 bits per heavy atom. The van der Waals surface area contributed by atoms with Gasteiger partial charge in [0.05, 0.1) is 6.10 Å². The smallest absolute Gasteiger partial charge is 0.248 e. The van der Waals surface area contributed by atoms with Crippen LogP contribution in [0.4, 0.5) is 8.78 Å². The van der Waals surface area contributed by atoms with Crippen LogP contribution in [-0.2, 0) is 0 Å². The largest absolute Gasteiger partial charge is 0.387 e. The van der Waals surface area contributed by atoms with Crippen molar-refractivity contribution in [2.24, 2.45) is 5.92 Å². The molecule has 6 heteroatoms. The lowest BCUT2D eigenvalue weighted by molar-refractivity contribution is -0.141. The molecule has 0 amide bonds. The molecular formula is C12H10ClF2NOS. The summed E-state index contributed by atoms with van der Waals surface area (Å²) < 4.78 is 25.6. The Bertz CT molecular complexity index is 593. The molecule has 0 spiro atoms. The maximum atomic E-state index is 12.8. The van der Waals surface area contributed by atoms with Crippen LogP contribution in [0.1, 0.15) is 23.8 Å². The molecule has 1 fully saturated rings. The molecule has 1 aliphatic rings. The molecule has 1 atom stereocenters. The van der Waals surface area contributed by atoms with Crippen LogP contribution in [0.25, 0.3) is 10.2 Å². The van der Waals surface area contributed by atoms with Gasteiger partial charge in [-0.2, -0.15) is 0 Å². The molecule has 0 aliphatic heterocycles. The van der Waals surface area contributed by atoms with E-state index in [0.29, 0.717) is 10.0 Å². The lowest BCUT2D eigenvalue weighted by Crippen LogP contribution is -2.38. The van der Waals surface area contributed by atoms with Crippen molar-refractivity contribution in [3.8, 4) is 0 Å². The van der Waals surface area contributed by atoms with Crippen LogP contribution in [0.3, 0.4) is 0 Å². The third kappa shape index (κ3) is 2.11. The number of hydrogen-bond acceptors (Lipinski definition) is 3. The van der Waals surface area contributed by atoms with E-state index in [1.807, 2.05) is 6.07 Å². The van der Waals surface area contributed by atoms with Crippen LogP contribution in [0.2, 0.25) is 5.15 Å². The third-order valence-corrected chi connectivity index (χ3v) is 4.55. The number of rotatable bonds is 2. The molecule has 1 unspecified atom stereocenters. The summed E-state index contributed by atoms with van der Waals surface area (Å²) in [5, 5.41) is 11.3. The van der Waals surface area contributed by atoms with Gasteiger partial charge in [-0.05, 0) is 18.2 Å². The fourth-order valence-corrected chi connectivity index (χ4v) is 3.53. The van der Waals surface area contributed by atoms with E-state index >= 15 is 0 Å². The van der Waals surface area contributed by atoms with Crippen molar-refractivity contribution in [2.75, 3.05) is 0 Å². The highest BCUT2D eigenvalue weighted by Crippen LogP contribution is 2.49. The number of halogens is 3. The minimum Gasteiger partial charge on any atom is -0.387 e. The zero-order chi connectivity index (χ0) is 12.9. The minimum absolute atomic E-state index is 0.239. The third-order valence-electron chi connectivity index (χ3n) is 3.23. The molecule has 2 aromatic rings. The van der Waals surface area contributed by atoms with Gasteiger partial charge in [-0.1, -0.05) is 11.6 Å². The molecule has 0 bridgehead atoms. The molecule has 2 nitrogen and oxygen atoms in total. The summed E-state index contributed by atoms with van der Waals surface area (Å²) in [6.07, 6.45) is -1.31. The average molecular weight is 290 g/mol. The van der Waals surface area contributed by atoms with Crippen molar-refractivity contribution in [3.05, 3.63) is 28.2 Å². The summed E-state index contributed by atoms with van der Waals surface area (Å²) in [5.74, 6) is -2.97. The van der Waals surface area contributed by atoms with E-state index in [1.165, 1.54) is 11.3 Å². The molecule has 3 rings (SSSR count). The standard InChI is InChI=1S/C12H10ClF2NOS/c13-9-2-1-6-3-8(18-11(6)16-9)10(17)7-4-12(14,15)5-7/h1-3,7,10,17H,4-5H2. The molecule has 0 saturated heterocycles. The van der Waals surface area contributed by atoms with Gasteiger partial charge in [0.25, 0.3) is 0 Å². The van der Waals surface area contributed by atoms with E-state index in [-0.39, 0.29) is 18.8 Å². The summed E-state index contributed by atoms with van der Waals surface area (Å²) in [6, 6.07) is 5.28. The molecule has 1 aliphatic carbocycles. The summed E-state index contributed by atoms with van der Waals surface area (Å²) in [4.78, 5) is 5.54. The lowest BCUT2D eigenvalue weighted by Gasteiger charge is -2.37. The van der Waals surface area contributed by atoms with E-state index < -0.39 is 12.0 Å². The number of aliphatic hydroxyl groups excluding tert-OH is 1. The Labute approximate surface area is 111 Å². The van der Waals surface area contributed by atoms with Crippen LogP contribution in [-0.4, -0.2) is 16.0 Å². The van der Waals surface area contributed by atoms with Crippen molar-refractivity contribution in [1.82, 2.24) is 4.98 Å². The van der Waals surface area contributed by atoms with Crippen molar-refractivity contribution < 1.29 is 13.9 Å². The molecule has 2 heterocycles. The van der Waals surface area contributed by atoms with Gasteiger partial charge in [-0.15, -0.1) is 11.3 Å². The molecular weight excluding hydrogens is 280 g/mol. The molecule has 18 heavy (non-hydrogen) atoms. The Kier molecular flexibility index (Phi) is 2.80. The number of aromatic nitrogens is 1. The highest BCUT2D eigenvalue weighted by atomic mass is 35.5. The maximum Gasteiger partial charge on any atom is 0.248 e. The van der Waals surface area contributed by atoms with Gasteiger partial charge in [0.15, 0.2) is 0 Å². The number of hydrogen-bond donors (Lipinski definition) is 1. The van der Waals surface area contributed by atoms with Gasteiger partial charge in [0.1, 0.15) is 9.98 Å². The molecule has 2 aromatic heterocycles. The highest BCUT2D eigenvalue weighted by molar-refractivity contribution is 7.18. The van der Waals surface area contributed by atoms with Crippen LogP contribution in [0.15, 0.2) is 18.2 Å². The number of nitrogens with zero attached hydrogens (tertiary/aromatic N) is 1. The Hall–Kier alpha value is -0.780. The predicted octanol–water partition coefficient (Wildman–Crippen LogP) is 4.03. The van der Waals surface area contributed by atoms with Crippen molar-refractivity contribution in [1.29, 1.82) is 0 Å². The topological polar surface area (TPSA) is 33.1 Å². The Morgan fingerprint density at radius 3 is 2.83 bits per heavy atom. The summed E-state index contributed by atoms with van der Waals surface area (Å²) >= 11 is 7.09. The Morgan fingerprint density at radius 1 is 1.44 bits per heavy atom. The second-order valence-electron chi connectivity index (χ2n) is 4.65. The minimum atomic E-state index is -2.61. The van der Waals surface area contributed by atoms with Gasteiger partial charge < -0.3 is 5.11 Å². The normalized spacial score (nSPS) is 20.9. The summed E-state index contributed by atoms with van der Waals surface area (Å²) in [5.41, 5.74) is 0. The van der Waals surface area contributed by atoms with Gasteiger partial charge in [0.2, 0.25) is 5.92 Å². The van der Waals surface area contributed by atoms with E-state index in [0.717, 1.165) is 10.2 Å². The first-order valence-corrected chi connectivity index (χ1v) is 6.76. The lowest BCUT2D eigenvalue weighted by atomic mass is 9.77. The molecule has 0 radical (unpaired) electrons. The number of fused-ring (bicyclic) bond motifs is 1. The first-order chi connectivity index (χ1) is 8.44. The summed E-state index contributed by atoms with van der Waals surface area (Å²) in [7, 11) is 0. The van der Waals surface area contributed by atoms with Crippen LogP contribution in [0.5, 0.6) is 0 Å². The van der Waals surface area contributed by atoms with Crippen LogP contribution in [0, 0.1) is 5.92 Å². The van der Waals surface area contributed by atoms with Gasteiger partial charge in [-0.25, -0.2) is 13.8 Å². The first kappa shape index (κ1) is 12.3. The van der Waals surface area contributed by atoms with E-state index in [2.05, 4.69) is 4.98 Å². The maximum absolute atomic E-state index is 12.8. The van der Waals surface area contributed by atoms with Crippen molar-refractivity contribution >= 4 is 33.2 Å². The second kappa shape index (κ2) is 4.11. The number of thiophene rings is 1. The monoisotopic (exact) mass is 289 g/mol. The van der Waals surface area contributed by atoms with Crippen molar-refractivity contribution in [3.63, 3.8) is 0 Å². The number of alkyl halides is 2. The zero-order valence-corrected chi connectivity index (χ0v) is 10.8. The first-order valence-electron chi connectivity index (χ1n) is 5.56. The number of pyridine rings is 1. The van der Waals surface area contributed by atoms with Gasteiger partial charge >= 0.3 is 0 Å². The molecule has 1 saturated carbocycles. The van der Waals surface area contributed by atoms with Crippen molar-refractivity contribution in [2.45, 2.75) is 24.9 Å². The molecule has 1 N–H and O–H groups in total. The van der Waals surface area contributed by atoms with Crippen LogP contribution >= 0.6 is 22.9 Å². The summed E-state index contributed by atoms with van der Waals surface area (Å²) in [6.45, 7) is 0. The molecule has 0 aromatic carbocycles. The van der Waals surface area contributed by atoms with E-state index in [9.17, 15) is 13.9 Å². The van der Waals surface area contributed by atoms with Crippen LogP contribution < -0.4 is 0 Å². The predicted molar refractivity (Wildman–Crippen MR) is 67.3 cm³/mol. The van der Waals surface area contributed by atoms with Gasteiger partial charge in [-0.3, -0.25) is 0 Å².